The van der Waals surface area contributed by atoms with Crippen LogP contribution in [0.1, 0.15) is 5.56 Å². The predicted molar refractivity (Wildman–Crippen MR) is 69.4 cm³/mol. The summed E-state index contributed by atoms with van der Waals surface area (Å²) in [6, 6.07) is 9.33. The summed E-state index contributed by atoms with van der Waals surface area (Å²) in [7, 11) is 3.69. The molecule has 0 saturated carbocycles. The van der Waals surface area contributed by atoms with Crippen LogP contribution in [-0.4, -0.2) is 44.2 Å². The zero-order valence-electron chi connectivity index (χ0n) is 10.6. The van der Waals surface area contributed by atoms with E-state index in [0.29, 0.717) is 12.1 Å². The number of nitriles is 1. The second-order valence-electron chi connectivity index (χ2n) is 4.37. The van der Waals surface area contributed by atoms with E-state index in [4.69, 9.17) is 5.26 Å². The van der Waals surface area contributed by atoms with Crippen molar-refractivity contribution >= 4 is 11.7 Å². The molecule has 5 heteroatoms. The highest BCUT2D eigenvalue weighted by molar-refractivity contribution is 5.94. The molecule has 0 bridgehead atoms. The molecule has 1 atom stereocenters. The molecular weight excluding hydrogens is 228 g/mol. The molecule has 0 aromatic heterocycles. The Labute approximate surface area is 107 Å². The monoisotopic (exact) mass is 244 g/mol. The van der Waals surface area contributed by atoms with E-state index in [2.05, 4.69) is 11.4 Å². The van der Waals surface area contributed by atoms with E-state index in [1.165, 1.54) is 0 Å². The van der Waals surface area contributed by atoms with Crippen molar-refractivity contribution in [1.82, 2.24) is 10.2 Å². The summed E-state index contributed by atoms with van der Waals surface area (Å²) in [5, 5.41) is 11.8. The molecule has 1 N–H and O–H groups in total. The maximum absolute atomic E-state index is 12.1. The summed E-state index contributed by atoms with van der Waals surface area (Å²) >= 11 is 0. The van der Waals surface area contributed by atoms with Crippen LogP contribution in [-0.2, 0) is 0 Å². The van der Waals surface area contributed by atoms with E-state index < -0.39 is 0 Å². The van der Waals surface area contributed by atoms with E-state index in [-0.39, 0.29) is 12.1 Å². The minimum absolute atomic E-state index is 0.0000392. The van der Waals surface area contributed by atoms with Gasteiger partial charge in [-0.3, -0.25) is 4.90 Å². The molecule has 5 nitrogen and oxygen atoms in total. The van der Waals surface area contributed by atoms with Crippen LogP contribution in [0.4, 0.5) is 10.5 Å². The van der Waals surface area contributed by atoms with Gasteiger partial charge in [0.1, 0.15) is 0 Å². The number of hydrogen-bond donors (Lipinski definition) is 1. The zero-order valence-corrected chi connectivity index (χ0v) is 10.6. The average molecular weight is 244 g/mol. The van der Waals surface area contributed by atoms with Crippen molar-refractivity contribution in [3.8, 4) is 6.07 Å². The zero-order chi connectivity index (χ0) is 13.1. The third kappa shape index (κ3) is 2.15. The number of hydrogen-bond acceptors (Lipinski definition) is 3. The number of likely N-dealkylation sites (N-methyl/N-ethyl adjacent to an activating group) is 2. The lowest BCUT2D eigenvalue weighted by Crippen LogP contribution is -2.37. The second-order valence-corrected chi connectivity index (χ2v) is 4.37. The first-order valence-corrected chi connectivity index (χ1v) is 5.86. The van der Waals surface area contributed by atoms with Gasteiger partial charge < -0.3 is 10.2 Å². The molecule has 0 radical (unpaired) electrons. The molecule has 1 heterocycles. The molecular formula is C13H16N4O. The fourth-order valence-corrected chi connectivity index (χ4v) is 2.13. The number of nitrogens with one attached hydrogen (secondary N) is 1. The lowest BCUT2D eigenvalue weighted by atomic mass is 10.2. The molecule has 1 saturated heterocycles. The molecule has 2 rings (SSSR count). The van der Waals surface area contributed by atoms with Crippen molar-refractivity contribution < 1.29 is 4.79 Å². The molecule has 1 aliphatic rings. The van der Waals surface area contributed by atoms with Gasteiger partial charge in [-0.1, -0.05) is 0 Å². The van der Waals surface area contributed by atoms with E-state index in [1.807, 2.05) is 26.2 Å². The summed E-state index contributed by atoms with van der Waals surface area (Å²) in [5.41, 5.74) is 1.44. The Morgan fingerprint density at radius 2 is 2.11 bits per heavy atom. The summed E-state index contributed by atoms with van der Waals surface area (Å²) in [5.74, 6) is 0. The maximum Gasteiger partial charge on any atom is 0.324 e. The lowest BCUT2D eigenvalue weighted by molar-refractivity contribution is 0.218. The van der Waals surface area contributed by atoms with Gasteiger partial charge in [-0.2, -0.15) is 5.26 Å². The van der Waals surface area contributed by atoms with Crippen molar-refractivity contribution in [2.75, 3.05) is 32.1 Å². The molecule has 0 spiro atoms. The first-order valence-electron chi connectivity index (χ1n) is 5.86. The summed E-state index contributed by atoms with van der Waals surface area (Å²) in [6.07, 6.45) is 0. The minimum atomic E-state index is -0.0000392. The molecule has 94 valence electrons. The third-order valence-corrected chi connectivity index (χ3v) is 3.22. The smallest absolute Gasteiger partial charge is 0.321 e. The van der Waals surface area contributed by atoms with Crippen LogP contribution in [0.2, 0.25) is 0 Å². The van der Waals surface area contributed by atoms with Gasteiger partial charge in [0.15, 0.2) is 0 Å². The van der Waals surface area contributed by atoms with Crippen molar-refractivity contribution in [3.63, 3.8) is 0 Å². The van der Waals surface area contributed by atoms with E-state index in [1.54, 1.807) is 21.9 Å². The van der Waals surface area contributed by atoms with Gasteiger partial charge in [-0.05, 0) is 31.3 Å². The van der Waals surface area contributed by atoms with Crippen LogP contribution in [0.5, 0.6) is 0 Å². The number of anilines is 1. The van der Waals surface area contributed by atoms with Gasteiger partial charge in [0, 0.05) is 25.8 Å². The largest absolute Gasteiger partial charge is 0.324 e. The van der Waals surface area contributed by atoms with Crippen LogP contribution in [0.3, 0.4) is 0 Å². The average Bonchev–Trinajstić information content (AvgIpc) is 2.68. The summed E-state index contributed by atoms with van der Waals surface area (Å²) in [6.45, 7) is 1.44. The highest BCUT2D eigenvalue weighted by Crippen LogP contribution is 2.22. The van der Waals surface area contributed by atoms with Crippen molar-refractivity contribution in [2.45, 2.75) is 6.04 Å². The quantitative estimate of drug-likeness (QED) is 0.863. The molecule has 1 fully saturated rings. The standard InChI is InChI=1S/C13H16N4O/c1-15-8-12-9-17(13(18)16(12)2)11-5-3-10(7-14)4-6-11/h3-6,12,15H,8-9H2,1-2H3. The van der Waals surface area contributed by atoms with Crippen molar-refractivity contribution in [3.05, 3.63) is 29.8 Å². The molecule has 18 heavy (non-hydrogen) atoms. The Balaban J connectivity index is 2.18. The summed E-state index contributed by atoms with van der Waals surface area (Å²) < 4.78 is 0. The molecule has 1 unspecified atom stereocenters. The second kappa shape index (κ2) is 5.07. The molecule has 2 amide bonds. The fraction of sp³-hybridized carbons (Fsp3) is 0.385. The van der Waals surface area contributed by atoms with Crippen LogP contribution in [0.25, 0.3) is 0 Å². The molecule has 1 aromatic carbocycles. The highest BCUT2D eigenvalue weighted by atomic mass is 16.2. The van der Waals surface area contributed by atoms with Gasteiger partial charge in [0.25, 0.3) is 0 Å². The van der Waals surface area contributed by atoms with E-state index >= 15 is 0 Å². The minimum Gasteiger partial charge on any atom is -0.321 e. The van der Waals surface area contributed by atoms with Crippen LogP contribution in [0.15, 0.2) is 24.3 Å². The first-order chi connectivity index (χ1) is 8.67. The van der Waals surface area contributed by atoms with Gasteiger partial charge >= 0.3 is 6.03 Å². The Hall–Kier alpha value is -2.06. The van der Waals surface area contributed by atoms with E-state index in [0.717, 1.165) is 12.2 Å². The van der Waals surface area contributed by atoms with E-state index in [9.17, 15) is 4.79 Å². The number of rotatable bonds is 3. The third-order valence-electron chi connectivity index (χ3n) is 3.22. The number of benzene rings is 1. The van der Waals surface area contributed by atoms with Gasteiger partial charge in [-0.15, -0.1) is 0 Å². The van der Waals surface area contributed by atoms with Crippen LogP contribution < -0.4 is 10.2 Å². The topological polar surface area (TPSA) is 59.4 Å². The Kier molecular flexibility index (Phi) is 3.49. The van der Waals surface area contributed by atoms with Crippen molar-refractivity contribution in [2.24, 2.45) is 0 Å². The number of urea groups is 1. The Morgan fingerprint density at radius 1 is 1.44 bits per heavy atom. The number of amides is 2. The van der Waals surface area contributed by atoms with Gasteiger partial charge in [-0.25, -0.2) is 4.79 Å². The fourth-order valence-electron chi connectivity index (χ4n) is 2.13. The number of carbonyl (C=O) groups excluding carboxylic acids is 1. The first kappa shape index (κ1) is 12.4. The van der Waals surface area contributed by atoms with Crippen molar-refractivity contribution in [1.29, 1.82) is 5.26 Å². The van der Waals surface area contributed by atoms with Gasteiger partial charge in [0.2, 0.25) is 0 Å². The summed E-state index contributed by atoms with van der Waals surface area (Å²) in [4.78, 5) is 15.6. The molecule has 1 aromatic rings. The normalized spacial score (nSPS) is 19.2. The predicted octanol–water partition coefficient (Wildman–Crippen LogP) is 1.02. The SMILES string of the molecule is CNCC1CN(c2ccc(C#N)cc2)C(=O)N1C. The highest BCUT2D eigenvalue weighted by Gasteiger charge is 2.34. The molecule has 1 aliphatic heterocycles. The Bertz CT molecular complexity index is 477. The van der Waals surface area contributed by atoms with Crippen LogP contribution >= 0.6 is 0 Å². The Morgan fingerprint density at radius 3 is 2.67 bits per heavy atom. The molecule has 0 aliphatic carbocycles. The van der Waals surface area contributed by atoms with Gasteiger partial charge in [0.05, 0.1) is 17.7 Å². The lowest BCUT2D eigenvalue weighted by Gasteiger charge is -2.16. The maximum atomic E-state index is 12.1. The van der Waals surface area contributed by atoms with Crippen LogP contribution in [0, 0.1) is 11.3 Å². The number of nitrogens with zero attached hydrogens (tertiary/aromatic N) is 3. The number of carbonyl (C=O) groups is 1.